The van der Waals surface area contributed by atoms with Gasteiger partial charge in [0.1, 0.15) is 0 Å². The van der Waals surface area contributed by atoms with Gasteiger partial charge in [-0.3, -0.25) is 0 Å². The van der Waals surface area contributed by atoms with Crippen molar-refractivity contribution in [1.82, 2.24) is 20.1 Å². The van der Waals surface area contributed by atoms with Crippen LogP contribution in [0.1, 0.15) is 35.3 Å². The lowest BCUT2D eigenvalue weighted by Gasteiger charge is -2.32. The minimum Gasteiger partial charge on any atom is -0.315 e. The van der Waals surface area contributed by atoms with E-state index in [2.05, 4.69) is 36.0 Å². The zero-order valence-electron chi connectivity index (χ0n) is 13.3. The van der Waals surface area contributed by atoms with Crippen molar-refractivity contribution < 1.29 is 0 Å². The average molecular weight is 296 g/mol. The predicted octanol–water partition coefficient (Wildman–Crippen LogP) is 1.78. The Morgan fingerprint density at radius 3 is 2.55 bits per heavy atom. The highest BCUT2D eigenvalue weighted by Gasteiger charge is 2.16. The number of nitrogens with zero attached hydrogens (tertiary/aromatic N) is 3. The van der Waals surface area contributed by atoms with E-state index in [0.29, 0.717) is 5.92 Å². The molecule has 4 nitrogen and oxygen atoms in total. The van der Waals surface area contributed by atoms with Crippen LogP contribution < -0.4 is 5.32 Å². The largest absolute Gasteiger partial charge is 0.315 e. The standard InChI is InChI=1S/C15H28N4S/c1-12(2)15-13(11-16-3)20-14(17-15)5-6-19-9-7-18(4)8-10-19/h12,16H,5-11H2,1-4H3. The SMILES string of the molecule is CNCc1sc(CCN2CCN(C)CC2)nc1C(C)C. The molecule has 5 heteroatoms. The van der Waals surface area contributed by atoms with E-state index in [4.69, 9.17) is 4.98 Å². The molecule has 114 valence electrons. The van der Waals surface area contributed by atoms with E-state index in [-0.39, 0.29) is 0 Å². The third kappa shape index (κ3) is 4.25. The molecule has 1 saturated heterocycles. The molecular weight excluding hydrogens is 268 g/mol. The fourth-order valence-electron chi connectivity index (χ4n) is 2.58. The molecule has 0 aliphatic carbocycles. The zero-order valence-corrected chi connectivity index (χ0v) is 14.1. The zero-order chi connectivity index (χ0) is 14.5. The molecule has 2 heterocycles. The smallest absolute Gasteiger partial charge is 0.0944 e. The molecule has 0 spiro atoms. The molecule has 1 aliphatic rings. The van der Waals surface area contributed by atoms with Crippen LogP contribution in [0, 0.1) is 0 Å². The molecule has 1 aromatic rings. The fourth-order valence-corrected chi connectivity index (χ4v) is 3.81. The predicted molar refractivity (Wildman–Crippen MR) is 86.6 cm³/mol. The Kier molecular flexibility index (Phi) is 5.96. The maximum atomic E-state index is 4.87. The van der Waals surface area contributed by atoms with Crippen molar-refractivity contribution in [1.29, 1.82) is 0 Å². The van der Waals surface area contributed by atoms with Gasteiger partial charge in [-0.25, -0.2) is 4.98 Å². The Labute approximate surface area is 127 Å². The normalized spacial score (nSPS) is 18.1. The van der Waals surface area contributed by atoms with Gasteiger partial charge in [-0.15, -0.1) is 11.3 Å². The van der Waals surface area contributed by atoms with Gasteiger partial charge in [-0.1, -0.05) is 13.8 Å². The van der Waals surface area contributed by atoms with E-state index >= 15 is 0 Å². The maximum Gasteiger partial charge on any atom is 0.0944 e. The summed E-state index contributed by atoms with van der Waals surface area (Å²) in [6.45, 7) is 11.3. The number of piperazine rings is 1. The molecule has 1 aromatic heterocycles. The van der Waals surface area contributed by atoms with Crippen LogP contribution in [0.15, 0.2) is 0 Å². The highest BCUT2D eigenvalue weighted by molar-refractivity contribution is 7.11. The lowest BCUT2D eigenvalue weighted by atomic mass is 10.1. The first-order valence-electron chi connectivity index (χ1n) is 7.64. The monoisotopic (exact) mass is 296 g/mol. The van der Waals surface area contributed by atoms with E-state index in [1.165, 1.54) is 41.8 Å². The molecule has 0 saturated carbocycles. The number of aromatic nitrogens is 1. The summed E-state index contributed by atoms with van der Waals surface area (Å²) in [4.78, 5) is 11.3. The summed E-state index contributed by atoms with van der Waals surface area (Å²) in [6, 6.07) is 0. The molecular formula is C15H28N4S. The molecule has 1 aliphatic heterocycles. The van der Waals surface area contributed by atoms with Crippen molar-refractivity contribution in [3.8, 4) is 0 Å². The minimum atomic E-state index is 0.520. The summed E-state index contributed by atoms with van der Waals surface area (Å²) < 4.78 is 0. The molecule has 0 bridgehead atoms. The van der Waals surface area contributed by atoms with Gasteiger partial charge < -0.3 is 15.1 Å². The lowest BCUT2D eigenvalue weighted by Crippen LogP contribution is -2.45. The van der Waals surface area contributed by atoms with Crippen LogP contribution in [0.25, 0.3) is 0 Å². The third-order valence-electron chi connectivity index (χ3n) is 3.89. The van der Waals surface area contributed by atoms with E-state index in [0.717, 1.165) is 19.5 Å². The summed E-state index contributed by atoms with van der Waals surface area (Å²) in [7, 11) is 4.21. The summed E-state index contributed by atoms with van der Waals surface area (Å²) >= 11 is 1.89. The minimum absolute atomic E-state index is 0.520. The molecule has 2 rings (SSSR count). The van der Waals surface area contributed by atoms with Crippen molar-refractivity contribution in [2.24, 2.45) is 0 Å². The molecule has 0 amide bonds. The summed E-state index contributed by atoms with van der Waals surface area (Å²) in [5.41, 5.74) is 1.29. The first-order chi connectivity index (χ1) is 9.60. The van der Waals surface area contributed by atoms with Crippen molar-refractivity contribution in [2.75, 3.05) is 46.8 Å². The molecule has 20 heavy (non-hydrogen) atoms. The topological polar surface area (TPSA) is 31.4 Å². The third-order valence-corrected chi connectivity index (χ3v) is 5.02. The number of nitrogens with one attached hydrogen (secondary N) is 1. The first kappa shape index (κ1) is 15.9. The van der Waals surface area contributed by atoms with Crippen LogP contribution in [0.5, 0.6) is 0 Å². The van der Waals surface area contributed by atoms with E-state index in [1.807, 2.05) is 18.4 Å². The molecule has 0 radical (unpaired) electrons. The van der Waals surface area contributed by atoms with Gasteiger partial charge in [0.15, 0.2) is 0 Å². The van der Waals surface area contributed by atoms with Crippen molar-refractivity contribution >= 4 is 11.3 Å². The van der Waals surface area contributed by atoms with Crippen LogP contribution in [0.2, 0.25) is 0 Å². The van der Waals surface area contributed by atoms with E-state index < -0.39 is 0 Å². The van der Waals surface area contributed by atoms with Gasteiger partial charge in [-0.2, -0.15) is 0 Å². The second-order valence-corrected chi connectivity index (χ2v) is 7.16. The lowest BCUT2D eigenvalue weighted by molar-refractivity contribution is 0.155. The quantitative estimate of drug-likeness (QED) is 0.867. The van der Waals surface area contributed by atoms with Gasteiger partial charge in [0.25, 0.3) is 0 Å². The molecule has 1 N–H and O–H groups in total. The second kappa shape index (κ2) is 7.50. The van der Waals surface area contributed by atoms with Gasteiger partial charge in [-0.05, 0) is 20.0 Å². The van der Waals surface area contributed by atoms with Gasteiger partial charge in [0, 0.05) is 50.6 Å². The van der Waals surface area contributed by atoms with Crippen LogP contribution in [0.4, 0.5) is 0 Å². The van der Waals surface area contributed by atoms with Crippen molar-refractivity contribution in [3.63, 3.8) is 0 Å². The average Bonchev–Trinajstić information content (AvgIpc) is 2.82. The first-order valence-corrected chi connectivity index (χ1v) is 8.45. The Balaban J connectivity index is 1.90. The summed E-state index contributed by atoms with van der Waals surface area (Å²) in [6.07, 6.45) is 1.10. The van der Waals surface area contributed by atoms with Gasteiger partial charge >= 0.3 is 0 Å². The van der Waals surface area contributed by atoms with Gasteiger partial charge in [0.2, 0.25) is 0 Å². The maximum absolute atomic E-state index is 4.87. The number of rotatable bonds is 6. The second-order valence-electron chi connectivity index (χ2n) is 6.00. The Bertz CT molecular complexity index is 408. The fraction of sp³-hybridized carbons (Fsp3) is 0.800. The van der Waals surface area contributed by atoms with Crippen LogP contribution in [0.3, 0.4) is 0 Å². The number of hydrogen-bond acceptors (Lipinski definition) is 5. The highest BCUT2D eigenvalue weighted by atomic mass is 32.1. The van der Waals surface area contributed by atoms with Crippen molar-refractivity contribution in [3.05, 3.63) is 15.6 Å². The Hall–Kier alpha value is -0.490. The van der Waals surface area contributed by atoms with Gasteiger partial charge in [0.05, 0.1) is 10.7 Å². The summed E-state index contributed by atoms with van der Waals surface area (Å²) in [5.74, 6) is 0.520. The number of thiazole rings is 1. The number of hydrogen-bond donors (Lipinski definition) is 1. The molecule has 0 aromatic carbocycles. The van der Waals surface area contributed by atoms with E-state index in [9.17, 15) is 0 Å². The van der Waals surface area contributed by atoms with E-state index in [1.54, 1.807) is 0 Å². The number of likely N-dealkylation sites (N-methyl/N-ethyl adjacent to an activating group) is 1. The highest BCUT2D eigenvalue weighted by Crippen LogP contribution is 2.25. The van der Waals surface area contributed by atoms with Crippen LogP contribution in [-0.2, 0) is 13.0 Å². The summed E-state index contributed by atoms with van der Waals surface area (Å²) in [5, 5.41) is 4.56. The Morgan fingerprint density at radius 2 is 1.95 bits per heavy atom. The molecule has 0 atom stereocenters. The molecule has 1 fully saturated rings. The molecule has 0 unspecified atom stereocenters. The Morgan fingerprint density at radius 1 is 1.25 bits per heavy atom. The van der Waals surface area contributed by atoms with Crippen molar-refractivity contribution in [2.45, 2.75) is 32.7 Å². The van der Waals surface area contributed by atoms with Crippen LogP contribution >= 0.6 is 11.3 Å². The van der Waals surface area contributed by atoms with Crippen LogP contribution in [-0.4, -0.2) is 61.6 Å².